The van der Waals surface area contributed by atoms with Crippen molar-refractivity contribution in [3.8, 4) is 11.1 Å². The Bertz CT molecular complexity index is 1020. The summed E-state index contributed by atoms with van der Waals surface area (Å²) >= 11 is 0. The second-order valence-electron chi connectivity index (χ2n) is 7.44. The lowest BCUT2D eigenvalue weighted by molar-refractivity contribution is -0.115. The summed E-state index contributed by atoms with van der Waals surface area (Å²) in [5.41, 5.74) is 7.18. The molecule has 2 aromatic heterocycles. The molecule has 0 atom stereocenters. The van der Waals surface area contributed by atoms with Gasteiger partial charge in [0.1, 0.15) is 5.82 Å². The maximum absolute atomic E-state index is 13.8. The van der Waals surface area contributed by atoms with E-state index in [4.69, 9.17) is 10.3 Å². The van der Waals surface area contributed by atoms with Gasteiger partial charge in [0.2, 0.25) is 11.8 Å². The van der Waals surface area contributed by atoms with Crippen LogP contribution in [0, 0.1) is 0 Å². The molecule has 0 radical (unpaired) electrons. The standard InChI is InChI=1S/C21H20F2N4O2/c1-20(22,23)21(8-9-21)16-11-19(29-27-16)26-18(28)10-13-2-4-14(5-3-13)15-6-7-17(24)25-12-15/h2-7,11-12H,8-10H2,1H3,(H2,24,25)(H,26,28). The normalized spacial score (nSPS) is 15.1. The molecule has 2 heterocycles. The Morgan fingerprint density at radius 3 is 2.48 bits per heavy atom. The van der Waals surface area contributed by atoms with Crippen LogP contribution in [0.4, 0.5) is 20.5 Å². The Balaban J connectivity index is 1.38. The van der Waals surface area contributed by atoms with Crippen molar-refractivity contribution in [3.63, 3.8) is 0 Å². The van der Waals surface area contributed by atoms with E-state index >= 15 is 0 Å². The number of hydrogen-bond donors (Lipinski definition) is 2. The number of amides is 1. The van der Waals surface area contributed by atoms with Gasteiger partial charge in [-0.25, -0.2) is 13.8 Å². The number of carbonyl (C=O) groups excluding carboxylic acids is 1. The van der Waals surface area contributed by atoms with Crippen LogP contribution in [-0.4, -0.2) is 22.0 Å². The van der Waals surface area contributed by atoms with Crippen LogP contribution in [0.1, 0.15) is 31.0 Å². The first-order valence-electron chi connectivity index (χ1n) is 9.23. The van der Waals surface area contributed by atoms with E-state index in [1.54, 1.807) is 12.3 Å². The molecule has 29 heavy (non-hydrogen) atoms. The van der Waals surface area contributed by atoms with E-state index in [0.29, 0.717) is 18.7 Å². The Hall–Kier alpha value is -3.29. The first-order chi connectivity index (χ1) is 13.8. The summed E-state index contributed by atoms with van der Waals surface area (Å²) < 4.78 is 32.7. The average Bonchev–Trinajstić information content (AvgIpc) is 3.38. The second kappa shape index (κ2) is 6.95. The number of alkyl halides is 2. The van der Waals surface area contributed by atoms with E-state index in [1.807, 2.05) is 30.3 Å². The molecule has 8 heteroatoms. The monoisotopic (exact) mass is 398 g/mol. The molecule has 0 aliphatic heterocycles. The molecule has 1 fully saturated rings. The third-order valence-electron chi connectivity index (χ3n) is 5.29. The molecule has 0 saturated heterocycles. The first kappa shape index (κ1) is 19.0. The van der Waals surface area contributed by atoms with Gasteiger partial charge < -0.3 is 10.3 Å². The largest absolute Gasteiger partial charge is 0.384 e. The molecule has 1 aliphatic rings. The molecule has 1 amide bonds. The average molecular weight is 398 g/mol. The smallest absolute Gasteiger partial charge is 0.256 e. The van der Waals surface area contributed by atoms with Crippen LogP contribution in [0.3, 0.4) is 0 Å². The van der Waals surface area contributed by atoms with Crippen LogP contribution < -0.4 is 11.1 Å². The van der Waals surface area contributed by atoms with Crippen LogP contribution in [0.15, 0.2) is 53.2 Å². The number of nitrogens with zero attached hydrogens (tertiary/aromatic N) is 2. The first-order valence-corrected chi connectivity index (χ1v) is 9.23. The molecular formula is C21H20F2N4O2. The van der Waals surface area contributed by atoms with Gasteiger partial charge in [-0.2, -0.15) is 0 Å². The lowest BCUT2D eigenvalue weighted by atomic mass is 9.95. The number of nitrogens with one attached hydrogen (secondary N) is 1. The van der Waals surface area contributed by atoms with E-state index in [2.05, 4.69) is 15.5 Å². The zero-order chi connectivity index (χ0) is 20.6. The SMILES string of the molecule is CC(F)(F)C1(c2cc(NC(=O)Cc3ccc(-c4ccc(N)nc4)cc3)on2)CC1. The number of nitrogen functional groups attached to an aromatic ring is 1. The molecule has 4 rings (SSSR count). The van der Waals surface area contributed by atoms with Crippen molar-refractivity contribution in [2.24, 2.45) is 0 Å². The van der Waals surface area contributed by atoms with Crippen molar-refractivity contribution < 1.29 is 18.1 Å². The molecule has 1 aromatic carbocycles. The van der Waals surface area contributed by atoms with Crippen LogP contribution in [0.25, 0.3) is 11.1 Å². The predicted molar refractivity (Wildman–Crippen MR) is 104 cm³/mol. The molecular weight excluding hydrogens is 378 g/mol. The van der Waals surface area contributed by atoms with Crippen molar-refractivity contribution in [2.75, 3.05) is 11.1 Å². The fourth-order valence-electron chi connectivity index (χ4n) is 3.36. The number of halogens is 2. The summed E-state index contributed by atoms with van der Waals surface area (Å²) in [6.45, 7) is 0.886. The summed E-state index contributed by atoms with van der Waals surface area (Å²) in [4.78, 5) is 16.3. The predicted octanol–water partition coefficient (Wildman–Crippen LogP) is 4.19. The van der Waals surface area contributed by atoms with Gasteiger partial charge in [0.15, 0.2) is 0 Å². The summed E-state index contributed by atoms with van der Waals surface area (Å²) in [6.07, 6.45) is 2.51. The van der Waals surface area contributed by atoms with E-state index < -0.39 is 11.3 Å². The molecule has 0 unspecified atom stereocenters. The minimum Gasteiger partial charge on any atom is -0.384 e. The molecule has 1 saturated carbocycles. The zero-order valence-electron chi connectivity index (χ0n) is 15.8. The highest BCUT2D eigenvalue weighted by atomic mass is 19.3. The van der Waals surface area contributed by atoms with Crippen LogP contribution in [0.2, 0.25) is 0 Å². The van der Waals surface area contributed by atoms with E-state index in [-0.39, 0.29) is 23.9 Å². The van der Waals surface area contributed by atoms with Gasteiger partial charge in [0, 0.05) is 24.8 Å². The fourth-order valence-corrected chi connectivity index (χ4v) is 3.36. The van der Waals surface area contributed by atoms with Gasteiger partial charge in [-0.05, 0) is 36.1 Å². The summed E-state index contributed by atoms with van der Waals surface area (Å²) in [5.74, 6) is -2.67. The summed E-state index contributed by atoms with van der Waals surface area (Å²) in [6, 6.07) is 12.5. The number of hydrogen-bond acceptors (Lipinski definition) is 5. The quantitative estimate of drug-likeness (QED) is 0.649. The van der Waals surface area contributed by atoms with Gasteiger partial charge >= 0.3 is 0 Å². The van der Waals surface area contributed by atoms with E-state index in [0.717, 1.165) is 23.6 Å². The maximum atomic E-state index is 13.8. The number of nitrogens with two attached hydrogens (primary N) is 1. The lowest BCUT2D eigenvalue weighted by Gasteiger charge is -2.19. The third-order valence-corrected chi connectivity index (χ3v) is 5.29. The fraction of sp³-hybridized carbons (Fsp3) is 0.286. The van der Waals surface area contributed by atoms with E-state index in [9.17, 15) is 13.6 Å². The van der Waals surface area contributed by atoms with Gasteiger partial charge in [0.05, 0.1) is 17.5 Å². The molecule has 3 N–H and O–H groups in total. The van der Waals surface area contributed by atoms with Crippen LogP contribution >= 0.6 is 0 Å². The number of rotatable bonds is 6. The molecule has 150 valence electrons. The number of aromatic nitrogens is 2. The third kappa shape index (κ3) is 3.83. The second-order valence-corrected chi connectivity index (χ2v) is 7.44. The van der Waals surface area contributed by atoms with Crippen molar-refractivity contribution >= 4 is 17.6 Å². The van der Waals surface area contributed by atoms with Gasteiger partial charge in [-0.15, -0.1) is 0 Å². The Kier molecular flexibility index (Phi) is 4.56. The topological polar surface area (TPSA) is 94.0 Å². The van der Waals surface area contributed by atoms with Crippen molar-refractivity contribution in [3.05, 3.63) is 59.9 Å². The number of carbonyl (C=O) groups is 1. The van der Waals surface area contributed by atoms with Crippen molar-refractivity contribution in [1.29, 1.82) is 0 Å². The highest BCUT2D eigenvalue weighted by Crippen LogP contribution is 2.57. The number of pyridine rings is 1. The van der Waals surface area contributed by atoms with Gasteiger partial charge in [0.25, 0.3) is 5.92 Å². The summed E-state index contributed by atoms with van der Waals surface area (Å²) in [7, 11) is 0. The van der Waals surface area contributed by atoms with Gasteiger partial charge in [-0.3, -0.25) is 10.1 Å². The van der Waals surface area contributed by atoms with Crippen LogP contribution in [0.5, 0.6) is 0 Å². The molecule has 0 spiro atoms. The van der Waals surface area contributed by atoms with Crippen molar-refractivity contribution in [2.45, 2.75) is 37.5 Å². The molecule has 6 nitrogen and oxygen atoms in total. The number of benzene rings is 1. The minimum absolute atomic E-state index is 0.0742. The van der Waals surface area contributed by atoms with Crippen LogP contribution in [-0.2, 0) is 16.6 Å². The van der Waals surface area contributed by atoms with Gasteiger partial charge in [-0.1, -0.05) is 29.4 Å². The Morgan fingerprint density at radius 1 is 1.21 bits per heavy atom. The molecule has 1 aliphatic carbocycles. The molecule has 0 bridgehead atoms. The number of anilines is 2. The maximum Gasteiger partial charge on any atom is 0.256 e. The highest BCUT2D eigenvalue weighted by Gasteiger charge is 2.62. The summed E-state index contributed by atoms with van der Waals surface area (Å²) in [5, 5.41) is 6.32. The minimum atomic E-state index is -2.88. The Labute approximate surface area is 166 Å². The zero-order valence-corrected chi connectivity index (χ0v) is 15.8. The molecule has 3 aromatic rings. The lowest BCUT2D eigenvalue weighted by Crippen LogP contribution is -2.30. The Morgan fingerprint density at radius 2 is 1.90 bits per heavy atom. The van der Waals surface area contributed by atoms with Crippen molar-refractivity contribution in [1.82, 2.24) is 10.1 Å². The highest BCUT2D eigenvalue weighted by molar-refractivity contribution is 5.91. The van der Waals surface area contributed by atoms with E-state index in [1.165, 1.54) is 6.07 Å².